The van der Waals surface area contributed by atoms with E-state index in [-0.39, 0.29) is 17.0 Å². The van der Waals surface area contributed by atoms with Crippen molar-refractivity contribution in [1.82, 2.24) is 0 Å². The predicted octanol–water partition coefficient (Wildman–Crippen LogP) is 2.63. The molecule has 0 amide bonds. The molecular formula is C11H13F3N2O3S. The van der Waals surface area contributed by atoms with Crippen LogP contribution in [0.4, 0.5) is 18.9 Å². The third kappa shape index (κ3) is 3.41. The summed E-state index contributed by atoms with van der Waals surface area (Å²) in [6.45, 7) is 2.97. The van der Waals surface area contributed by atoms with Crippen LogP contribution >= 0.6 is 0 Å². The topological polar surface area (TPSA) is 67.8 Å². The second-order valence-electron chi connectivity index (χ2n) is 3.91. The zero-order chi connectivity index (χ0) is 15.6. The summed E-state index contributed by atoms with van der Waals surface area (Å²) < 4.78 is 61.2. The number of alkyl halides is 3. The minimum atomic E-state index is -5.49. The monoisotopic (exact) mass is 310 g/mol. The van der Waals surface area contributed by atoms with E-state index in [1.807, 2.05) is 0 Å². The van der Waals surface area contributed by atoms with E-state index in [4.69, 9.17) is 0 Å². The van der Waals surface area contributed by atoms with E-state index in [1.54, 1.807) is 10.8 Å². The Morgan fingerprint density at radius 3 is 2.45 bits per heavy atom. The fourth-order valence-corrected chi connectivity index (χ4v) is 2.14. The van der Waals surface area contributed by atoms with E-state index in [9.17, 15) is 21.6 Å². The SMILES string of the molecule is CON=C(C)c1cccc(C)c1NS(=O)(=O)C(F)(F)F. The smallest absolute Gasteiger partial charge is 0.399 e. The van der Waals surface area contributed by atoms with Crippen molar-refractivity contribution in [3.8, 4) is 0 Å². The van der Waals surface area contributed by atoms with Crippen molar-refractivity contribution in [2.75, 3.05) is 11.8 Å². The van der Waals surface area contributed by atoms with Crippen molar-refractivity contribution in [2.45, 2.75) is 19.4 Å². The van der Waals surface area contributed by atoms with Crippen molar-refractivity contribution in [3.63, 3.8) is 0 Å². The van der Waals surface area contributed by atoms with Crippen LogP contribution in [0.15, 0.2) is 23.4 Å². The molecule has 9 heteroatoms. The van der Waals surface area contributed by atoms with Crippen LogP contribution in [0.25, 0.3) is 0 Å². The Morgan fingerprint density at radius 1 is 1.35 bits per heavy atom. The first-order valence-corrected chi connectivity index (χ1v) is 6.85. The number of hydrogen-bond donors (Lipinski definition) is 1. The molecule has 0 bridgehead atoms. The Kier molecular flexibility index (Phi) is 4.64. The molecule has 1 rings (SSSR count). The van der Waals surface area contributed by atoms with Gasteiger partial charge in [-0.05, 0) is 19.4 Å². The lowest BCUT2D eigenvalue weighted by Gasteiger charge is -2.16. The summed E-state index contributed by atoms with van der Waals surface area (Å²) in [7, 11) is -4.21. The van der Waals surface area contributed by atoms with Gasteiger partial charge in [-0.2, -0.15) is 21.6 Å². The van der Waals surface area contributed by atoms with Crippen LogP contribution in [0.2, 0.25) is 0 Å². The van der Waals surface area contributed by atoms with Gasteiger partial charge < -0.3 is 4.84 Å². The van der Waals surface area contributed by atoms with Crippen LogP contribution in [0.5, 0.6) is 0 Å². The van der Waals surface area contributed by atoms with E-state index in [2.05, 4.69) is 9.99 Å². The Labute approximate surface area is 114 Å². The van der Waals surface area contributed by atoms with Gasteiger partial charge in [0, 0.05) is 5.56 Å². The van der Waals surface area contributed by atoms with Crippen LogP contribution in [0.1, 0.15) is 18.1 Å². The lowest BCUT2D eigenvalue weighted by Crippen LogP contribution is -2.30. The predicted molar refractivity (Wildman–Crippen MR) is 69.0 cm³/mol. The Bertz CT molecular complexity index is 624. The lowest BCUT2D eigenvalue weighted by atomic mass is 10.1. The molecule has 1 aromatic carbocycles. The summed E-state index contributed by atoms with van der Waals surface area (Å²) in [5.74, 6) is 0. The van der Waals surface area contributed by atoms with E-state index < -0.39 is 15.5 Å². The minimum Gasteiger partial charge on any atom is -0.399 e. The van der Waals surface area contributed by atoms with Gasteiger partial charge in [0.2, 0.25) is 0 Å². The molecule has 1 aromatic rings. The molecule has 0 saturated heterocycles. The van der Waals surface area contributed by atoms with Gasteiger partial charge in [0.25, 0.3) is 0 Å². The molecule has 0 heterocycles. The molecule has 0 saturated carbocycles. The first-order chi connectivity index (χ1) is 9.10. The van der Waals surface area contributed by atoms with Crippen LogP contribution in [-0.2, 0) is 14.9 Å². The second kappa shape index (κ2) is 5.70. The summed E-state index contributed by atoms with van der Waals surface area (Å²) in [5.41, 5.74) is -4.78. The molecule has 0 spiro atoms. The van der Waals surface area contributed by atoms with E-state index in [0.29, 0.717) is 5.56 Å². The molecule has 1 N–H and O–H groups in total. The van der Waals surface area contributed by atoms with E-state index in [0.717, 1.165) is 0 Å². The number of para-hydroxylation sites is 1. The summed E-state index contributed by atoms with van der Waals surface area (Å²) in [5, 5.41) is 3.59. The highest BCUT2D eigenvalue weighted by atomic mass is 32.2. The maximum atomic E-state index is 12.4. The number of anilines is 1. The molecule has 0 aliphatic rings. The summed E-state index contributed by atoms with van der Waals surface area (Å²) in [6.07, 6.45) is 0. The number of nitrogens with zero attached hydrogens (tertiary/aromatic N) is 1. The molecule has 0 fully saturated rings. The average Bonchev–Trinajstić information content (AvgIpc) is 2.30. The normalized spacial score (nSPS) is 13.2. The molecule has 112 valence electrons. The summed E-state index contributed by atoms with van der Waals surface area (Å²) in [4.78, 5) is 4.54. The maximum absolute atomic E-state index is 12.4. The standard InChI is InChI=1S/C11H13F3N2O3S/c1-7-5-4-6-9(8(2)15-19-3)10(7)16-20(17,18)11(12,13)14/h4-6,16H,1-3H3. The molecule has 0 aliphatic heterocycles. The number of aryl methyl sites for hydroxylation is 1. The van der Waals surface area contributed by atoms with Gasteiger partial charge in [0.05, 0.1) is 11.4 Å². The zero-order valence-corrected chi connectivity index (χ0v) is 11.8. The number of sulfonamides is 1. The van der Waals surface area contributed by atoms with Gasteiger partial charge >= 0.3 is 15.5 Å². The highest BCUT2D eigenvalue weighted by Gasteiger charge is 2.46. The number of nitrogens with one attached hydrogen (secondary N) is 1. The third-order valence-corrected chi connectivity index (χ3v) is 3.51. The van der Waals surface area contributed by atoms with Crippen LogP contribution in [-0.4, -0.2) is 26.7 Å². The molecule has 0 atom stereocenters. The van der Waals surface area contributed by atoms with Crippen molar-refractivity contribution in [2.24, 2.45) is 5.16 Å². The third-order valence-electron chi connectivity index (χ3n) is 2.43. The quantitative estimate of drug-likeness (QED) is 0.686. The Morgan fingerprint density at radius 2 is 1.95 bits per heavy atom. The Hall–Kier alpha value is -1.77. The van der Waals surface area contributed by atoms with Crippen LogP contribution < -0.4 is 4.72 Å². The molecule has 0 aliphatic carbocycles. The summed E-state index contributed by atoms with van der Waals surface area (Å²) in [6, 6.07) is 4.50. The number of hydrogen-bond acceptors (Lipinski definition) is 4. The second-order valence-corrected chi connectivity index (χ2v) is 5.58. The van der Waals surface area contributed by atoms with Crippen LogP contribution in [0.3, 0.4) is 0 Å². The van der Waals surface area contributed by atoms with Gasteiger partial charge in [-0.3, -0.25) is 4.72 Å². The van der Waals surface area contributed by atoms with Crippen molar-refractivity contribution < 1.29 is 26.4 Å². The zero-order valence-electron chi connectivity index (χ0n) is 10.9. The lowest BCUT2D eigenvalue weighted by molar-refractivity contribution is -0.0429. The first kappa shape index (κ1) is 16.3. The largest absolute Gasteiger partial charge is 0.516 e. The van der Waals surface area contributed by atoms with Gasteiger partial charge in [-0.1, -0.05) is 23.4 Å². The van der Waals surface area contributed by atoms with Crippen molar-refractivity contribution >= 4 is 21.4 Å². The van der Waals surface area contributed by atoms with Gasteiger partial charge in [0.15, 0.2) is 0 Å². The van der Waals surface area contributed by atoms with Gasteiger partial charge in [0.1, 0.15) is 7.11 Å². The van der Waals surface area contributed by atoms with Crippen LogP contribution in [0, 0.1) is 6.92 Å². The summed E-state index contributed by atoms with van der Waals surface area (Å²) >= 11 is 0. The number of rotatable bonds is 4. The fourth-order valence-electron chi connectivity index (χ4n) is 1.48. The molecule has 0 unspecified atom stereocenters. The maximum Gasteiger partial charge on any atom is 0.516 e. The van der Waals surface area contributed by atoms with E-state index >= 15 is 0 Å². The van der Waals surface area contributed by atoms with Crippen molar-refractivity contribution in [3.05, 3.63) is 29.3 Å². The minimum absolute atomic E-state index is 0.178. The van der Waals surface area contributed by atoms with Gasteiger partial charge in [-0.15, -0.1) is 0 Å². The molecule has 20 heavy (non-hydrogen) atoms. The highest BCUT2D eigenvalue weighted by molar-refractivity contribution is 7.93. The van der Waals surface area contributed by atoms with Gasteiger partial charge in [-0.25, -0.2) is 0 Å². The first-order valence-electron chi connectivity index (χ1n) is 5.37. The number of benzene rings is 1. The molecule has 5 nitrogen and oxygen atoms in total. The number of halogens is 3. The molecular weight excluding hydrogens is 297 g/mol. The average molecular weight is 310 g/mol. The van der Waals surface area contributed by atoms with Crippen molar-refractivity contribution in [1.29, 1.82) is 0 Å². The Balaban J connectivity index is 3.36. The molecule has 0 aromatic heterocycles. The molecule has 0 radical (unpaired) electrons. The number of oxime groups is 1. The fraction of sp³-hybridized carbons (Fsp3) is 0.364. The highest BCUT2D eigenvalue weighted by Crippen LogP contribution is 2.29. The van der Waals surface area contributed by atoms with E-state index in [1.165, 1.54) is 33.1 Å².